The molecule has 0 saturated carbocycles. The van der Waals surface area contributed by atoms with Gasteiger partial charge in [0.2, 0.25) is 0 Å². The number of benzene rings is 4. The first-order valence-corrected chi connectivity index (χ1v) is 15.1. The van der Waals surface area contributed by atoms with Gasteiger partial charge in [0.05, 0.1) is 26.4 Å². The largest absolute Gasteiger partial charge is 0.497 e. The fourth-order valence-corrected chi connectivity index (χ4v) is 5.81. The first-order chi connectivity index (χ1) is 21.7. The van der Waals surface area contributed by atoms with E-state index in [4.69, 9.17) is 21.8 Å². The molecule has 4 aromatic carbocycles. The maximum Gasteiger partial charge on any atom is 0.270 e. The number of methoxy groups -OCH3 is 1. The molecule has 0 aliphatic rings. The number of nitriles is 1. The predicted molar refractivity (Wildman–Crippen MR) is 179 cm³/mol. The lowest BCUT2D eigenvalue weighted by Crippen LogP contribution is -2.06. The summed E-state index contributed by atoms with van der Waals surface area (Å²) in [5, 5.41) is 11.7. The number of thiophene rings is 1. The predicted octanol–water partition coefficient (Wildman–Crippen LogP) is 8.69. The zero-order valence-electron chi connectivity index (χ0n) is 24.4. The zero-order valence-corrected chi connectivity index (χ0v) is 25.2. The highest BCUT2D eigenvalue weighted by molar-refractivity contribution is 7.11. The fourth-order valence-electron chi connectivity index (χ4n) is 5.02. The maximum absolute atomic E-state index is 9.74. The Kier molecular flexibility index (Phi) is 10.0. The van der Waals surface area contributed by atoms with Gasteiger partial charge < -0.3 is 15.2 Å². The standard InChI is InChI=1S/C38H31N3O2S/c1-41-34(26-40)38(35-10-6-25-44-35)31-13-11-28(12-14-31)36(27-8-4-3-5-9-27)37(29-15-19-32(42-2)20-16-29)30-17-21-33(22-18-30)43-24-7-23-39/h3-6,8-22,25H,7,23-24,39H2,2H3/b37-36+,38-34+. The summed E-state index contributed by atoms with van der Waals surface area (Å²) in [5.41, 5.74) is 13.4. The van der Waals surface area contributed by atoms with E-state index in [1.807, 2.05) is 72.1 Å². The number of hydrogen-bond donors (Lipinski definition) is 1. The van der Waals surface area contributed by atoms with E-state index in [2.05, 4.69) is 59.4 Å². The van der Waals surface area contributed by atoms with Crippen LogP contribution in [0.2, 0.25) is 0 Å². The molecule has 0 fully saturated rings. The highest BCUT2D eigenvalue weighted by Crippen LogP contribution is 2.39. The van der Waals surface area contributed by atoms with Crippen LogP contribution in [0.3, 0.4) is 0 Å². The van der Waals surface area contributed by atoms with Gasteiger partial charge in [-0.1, -0.05) is 84.9 Å². The van der Waals surface area contributed by atoms with Crippen LogP contribution >= 0.6 is 11.3 Å². The number of nitrogens with zero attached hydrogens (tertiary/aromatic N) is 2. The SMILES string of the molecule is [C-]#[N+]/C(C#N)=C(\c1ccc(/C(=C(\c2ccc(OC)cc2)c2ccc(OCCCN)cc2)c2ccccc2)cc1)c1cccs1. The van der Waals surface area contributed by atoms with E-state index in [0.29, 0.717) is 18.7 Å². The molecule has 0 aliphatic carbocycles. The molecule has 44 heavy (non-hydrogen) atoms. The molecule has 0 atom stereocenters. The maximum atomic E-state index is 9.74. The molecule has 0 bridgehead atoms. The van der Waals surface area contributed by atoms with Crippen LogP contribution < -0.4 is 15.2 Å². The van der Waals surface area contributed by atoms with Crippen molar-refractivity contribution in [1.29, 1.82) is 5.26 Å². The molecule has 5 aromatic rings. The summed E-state index contributed by atoms with van der Waals surface area (Å²) in [6.45, 7) is 8.78. The molecule has 0 aliphatic heterocycles. The number of allylic oxidation sites excluding steroid dienone is 1. The van der Waals surface area contributed by atoms with Gasteiger partial charge in [-0.2, -0.15) is 0 Å². The number of rotatable bonds is 11. The van der Waals surface area contributed by atoms with Crippen molar-refractivity contribution in [2.24, 2.45) is 5.73 Å². The number of ether oxygens (including phenoxy) is 2. The van der Waals surface area contributed by atoms with Crippen molar-refractivity contribution in [2.75, 3.05) is 20.3 Å². The topological polar surface area (TPSA) is 72.6 Å². The van der Waals surface area contributed by atoms with Crippen molar-refractivity contribution < 1.29 is 9.47 Å². The van der Waals surface area contributed by atoms with Crippen LogP contribution in [0, 0.1) is 17.9 Å². The van der Waals surface area contributed by atoms with Gasteiger partial charge in [-0.3, -0.25) is 0 Å². The van der Waals surface area contributed by atoms with Crippen LogP contribution in [0.5, 0.6) is 11.5 Å². The molecule has 0 spiro atoms. The molecule has 5 nitrogen and oxygen atoms in total. The average molecular weight is 594 g/mol. The molecule has 5 rings (SSSR count). The third-order valence-corrected chi connectivity index (χ3v) is 8.02. The Morgan fingerprint density at radius 3 is 1.73 bits per heavy atom. The molecule has 0 amide bonds. The molecule has 216 valence electrons. The molecule has 2 N–H and O–H groups in total. The summed E-state index contributed by atoms with van der Waals surface area (Å²) in [6.07, 6.45) is 0.794. The minimum absolute atomic E-state index is 0.0757. The van der Waals surface area contributed by atoms with Gasteiger partial charge in [-0.05, 0) is 87.6 Å². The molecule has 0 radical (unpaired) electrons. The summed E-state index contributed by atoms with van der Waals surface area (Å²) in [6, 6.07) is 40.6. The van der Waals surface area contributed by atoms with Gasteiger partial charge in [-0.15, -0.1) is 11.3 Å². The average Bonchev–Trinajstić information content (AvgIpc) is 3.62. The lowest BCUT2D eigenvalue weighted by molar-refractivity contribution is 0.313. The Hall–Kier alpha value is -5.40. The second-order valence-electron chi connectivity index (χ2n) is 9.86. The quantitative estimate of drug-likeness (QED) is 0.0720. The third kappa shape index (κ3) is 6.80. The molecule has 0 unspecified atom stereocenters. The van der Waals surface area contributed by atoms with E-state index in [1.54, 1.807) is 7.11 Å². The first kappa shape index (κ1) is 30.1. The van der Waals surface area contributed by atoms with Gasteiger partial charge in [0.15, 0.2) is 0 Å². The van der Waals surface area contributed by atoms with Crippen molar-refractivity contribution in [3.8, 4) is 17.6 Å². The number of nitrogens with two attached hydrogens (primary N) is 1. The van der Waals surface area contributed by atoms with E-state index in [-0.39, 0.29) is 5.70 Å². The Balaban J connectivity index is 1.71. The smallest absolute Gasteiger partial charge is 0.270 e. The molecule has 0 saturated heterocycles. The van der Waals surface area contributed by atoms with Crippen molar-refractivity contribution in [3.63, 3.8) is 0 Å². The first-order valence-electron chi connectivity index (χ1n) is 14.2. The van der Waals surface area contributed by atoms with E-state index < -0.39 is 0 Å². The summed E-state index contributed by atoms with van der Waals surface area (Å²) < 4.78 is 11.4. The van der Waals surface area contributed by atoms with Gasteiger partial charge in [0, 0.05) is 10.5 Å². The van der Waals surface area contributed by atoms with Gasteiger partial charge in [0.25, 0.3) is 5.70 Å². The second kappa shape index (κ2) is 14.7. The molecular formula is C38H31N3O2S. The van der Waals surface area contributed by atoms with E-state index >= 15 is 0 Å². The number of hydrogen-bond acceptors (Lipinski definition) is 5. The van der Waals surface area contributed by atoms with Gasteiger partial charge in [0.1, 0.15) is 11.5 Å². The molecule has 1 heterocycles. The molecule has 1 aromatic heterocycles. The lowest BCUT2D eigenvalue weighted by atomic mass is 9.85. The highest BCUT2D eigenvalue weighted by Gasteiger charge is 2.18. The molecule has 6 heteroatoms. The molecular weight excluding hydrogens is 563 g/mol. The van der Waals surface area contributed by atoms with Crippen LogP contribution in [0.15, 0.2) is 126 Å². The van der Waals surface area contributed by atoms with Crippen LogP contribution in [-0.4, -0.2) is 20.3 Å². The van der Waals surface area contributed by atoms with Crippen molar-refractivity contribution in [3.05, 3.63) is 170 Å². The van der Waals surface area contributed by atoms with E-state index in [0.717, 1.165) is 61.8 Å². The summed E-state index contributed by atoms with van der Waals surface area (Å²) in [5.74, 6) is 1.58. The normalized spacial score (nSPS) is 11.9. The van der Waals surface area contributed by atoms with Crippen molar-refractivity contribution in [1.82, 2.24) is 0 Å². The van der Waals surface area contributed by atoms with Crippen LogP contribution in [-0.2, 0) is 0 Å². The van der Waals surface area contributed by atoms with Crippen molar-refractivity contribution >= 4 is 28.1 Å². The van der Waals surface area contributed by atoms with Gasteiger partial charge in [-0.25, -0.2) is 10.1 Å². The minimum atomic E-state index is 0.0757. The minimum Gasteiger partial charge on any atom is -0.497 e. The van der Waals surface area contributed by atoms with Crippen LogP contribution in [0.25, 0.3) is 21.6 Å². The Bertz CT molecular complexity index is 1810. The zero-order chi connectivity index (χ0) is 30.7. The van der Waals surface area contributed by atoms with E-state index in [1.165, 1.54) is 11.3 Å². The van der Waals surface area contributed by atoms with E-state index in [9.17, 15) is 5.26 Å². The van der Waals surface area contributed by atoms with Gasteiger partial charge >= 0.3 is 0 Å². The summed E-state index contributed by atoms with van der Waals surface area (Å²) >= 11 is 1.51. The summed E-state index contributed by atoms with van der Waals surface area (Å²) in [7, 11) is 1.66. The Morgan fingerprint density at radius 2 is 1.25 bits per heavy atom. The second-order valence-corrected chi connectivity index (χ2v) is 10.8. The third-order valence-electron chi connectivity index (χ3n) is 7.14. The fraction of sp³-hybridized carbons (Fsp3) is 0.105. The summed E-state index contributed by atoms with van der Waals surface area (Å²) in [4.78, 5) is 4.42. The monoisotopic (exact) mass is 593 g/mol. The Labute approximate surface area is 262 Å². The van der Waals surface area contributed by atoms with Crippen LogP contribution in [0.4, 0.5) is 0 Å². The van der Waals surface area contributed by atoms with Crippen LogP contribution in [0.1, 0.15) is 39.1 Å². The lowest BCUT2D eigenvalue weighted by Gasteiger charge is -2.19. The van der Waals surface area contributed by atoms with Crippen molar-refractivity contribution in [2.45, 2.75) is 6.42 Å². The highest BCUT2D eigenvalue weighted by atomic mass is 32.1. The Morgan fingerprint density at radius 1 is 0.727 bits per heavy atom.